The Morgan fingerprint density at radius 3 is 2.57 bits per heavy atom. The number of rotatable bonds is 10. The predicted molar refractivity (Wildman–Crippen MR) is 183 cm³/mol. The van der Waals surface area contributed by atoms with E-state index in [0.717, 1.165) is 55.6 Å². The lowest BCUT2D eigenvalue weighted by Gasteiger charge is -2.35. The fourth-order valence-electron chi connectivity index (χ4n) is 7.32. The maximum atomic E-state index is 14.4. The minimum atomic E-state index is -0.206. The third-order valence-electron chi connectivity index (χ3n) is 9.90. The normalized spacial score (nSPS) is 27.2. The Morgan fingerprint density at radius 1 is 1.02 bits per heavy atom. The van der Waals surface area contributed by atoms with Gasteiger partial charge < -0.3 is 14.2 Å². The molecule has 3 aromatic carbocycles. The number of likely N-dealkylation sites (tertiary alicyclic amines) is 1. The summed E-state index contributed by atoms with van der Waals surface area (Å²) >= 11 is 1.65. The van der Waals surface area contributed by atoms with Gasteiger partial charge in [-0.15, -0.1) is 11.8 Å². The molecular formula is C38H47FN2O4S. The Kier molecular flexibility index (Phi) is 10.8. The molecule has 3 saturated heterocycles. The van der Waals surface area contributed by atoms with Crippen LogP contribution in [0.15, 0.2) is 65.8 Å². The fourth-order valence-corrected chi connectivity index (χ4v) is 7.98. The van der Waals surface area contributed by atoms with Crippen molar-refractivity contribution in [1.29, 1.82) is 0 Å². The first-order valence-electron chi connectivity index (χ1n) is 16.8. The van der Waals surface area contributed by atoms with E-state index in [4.69, 9.17) is 14.2 Å². The van der Waals surface area contributed by atoms with Crippen LogP contribution in [0.25, 0.3) is 0 Å². The molecule has 0 radical (unpaired) electrons. The highest BCUT2D eigenvalue weighted by molar-refractivity contribution is 7.99. The Labute approximate surface area is 277 Å². The number of halogens is 1. The largest absolute Gasteiger partial charge is 0.489 e. The van der Waals surface area contributed by atoms with Crippen molar-refractivity contribution in [1.82, 2.24) is 4.90 Å². The molecule has 3 aliphatic rings. The number of thioether (sulfide) groups is 1. The second kappa shape index (κ2) is 15.0. The number of aryl methyl sites for hydroxylation is 1. The second-order valence-electron chi connectivity index (χ2n) is 13.6. The van der Waals surface area contributed by atoms with Crippen LogP contribution in [-0.2, 0) is 15.9 Å². The SMILES string of the molecule is CS[C@@H]1C[C@H](N=O)C[C@H](c2ccc(C(C)C)c(Cc3ccc(O[C@@H]4CCN([C@@H]5CC[C@@H](c6cc(C)ccc6F)OC5)C4)cc3)c2)O1. The third-order valence-corrected chi connectivity index (χ3v) is 10.7. The van der Waals surface area contributed by atoms with Crippen LogP contribution in [0.2, 0.25) is 0 Å². The molecule has 246 valence electrons. The summed E-state index contributed by atoms with van der Waals surface area (Å²) in [5.41, 5.74) is 6.72. The highest BCUT2D eigenvalue weighted by atomic mass is 32.2. The average Bonchev–Trinajstić information content (AvgIpc) is 3.54. The number of benzene rings is 3. The second-order valence-corrected chi connectivity index (χ2v) is 14.6. The van der Waals surface area contributed by atoms with Crippen LogP contribution in [0.1, 0.15) is 97.5 Å². The quantitative estimate of drug-likeness (QED) is 0.205. The lowest BCUT2D eigenvalue weighted by molar-refractivity contribution is -0.0360. The van der Waals surface area contributed by atoms with Crippen molar-refractivity contribution in [3.63, 3.8) is 0 Å². The summed E-state index contributed by atoms with van der Waals surface area (Å²) in [4.78, 5) is 13.9. The molecule has 8 heteroatoms. The van der Waals surface area contributed by atoms with Crippen molar-refractivity contribution in [3.8, 4) is 5.75 Å². The molecule has 0 spiro atoms. The van der Waals surface area contributed by atoms with E-state index in [1.807, 2.05) is 25.3 Å². The molecule has 3 fully saturated rings. The Morgan fingerprint density at radius 2 is 1.85 bits per heavy atom. The topological polar surface area (TPSA) is 60.4 Å². The number of nitroso groups, excluding NO2 is 1. The van der Waals surface area contributed by atoms with Gasteiger partial charge in [0.1, 0.15) is 23.1 Å². The summed E-state index contributed by atoms with van der Waals surface area (Å²) in [5.74, 6) is 1.12. The van der Waals surface area contributed by atoms with Gasteiger partial charge in [-0.25, -0.2) is 4.39 Å². The Balaban J connectivity index is 1.04. The van der Waals surface area contributed by atoms with E-state index in [2.05, 4.69) is 66.4 Å². The van der Waals surface area contributed by atoms with E-state index in [-0.39, 0.29) is 35.6 Å². The smallest absolute Gasteiger partial charge is 0.129 e. The molecule has 3 aromatic rings. The lowest BCUT2D eigenvalue weighted by atomic mass is 9.89. The highest BCUT2D eigenvalue weighted by Crippen LogP contribution is 2.38. The highest BCUT2D eigenvalue weighted by Gasteiger charge is 2.34. The van der Waals surface area contributed by atoms with E-state index in [1.54, 1.807) is 17.8 Å². The van der Waals surface area contributed by atoms with E-state index in [1.165, 1.54) is 16.7 Å². The maximum Gasteiger partial charge on any atom is 0.129 e. The molecule has 6 nitrogen and oxygen atoms in total. The molecule has 0 aliphatic carbocycles. The van der Waals surface area contributed by atoms with Gasteiger partial charge in [-0.2, -0.15) is 4.91 Å². The maximum absolute atomic E-state index is 14.4. The molecule has 0 bridgehead atoms. The van der Waals surface area contributed by atoms with Gasteiger partial charge in [0.05, 0.1) is 24.9 Å². The van der Waals surface area contributed by atoms with Crippen molar-refractivity contribution < 1.29 is 18.6 Å². The van der Waals surface area contributed by atoms with E-state index >= 15 is 0 Å². The van der Waals surface area contributed by atoms with Gasteiger partial charge in [0.25, 0.3) is 0 Å². The van der Waals surface area contributed by atoms with Crippen molar-refractivity contribution in [2.45, 2.75) is 101 Å². The van der Waals surface area contributed by atoms with Crippen LogP contribution in [-0.4, -0.2) is 54.5 Å². The minimum Gasteiger partial charge on any atom is -0.489 e. The predicted octanol–water partition coefficient (Wildman–Crippen LogP) is 8.90. The standard InChI is InChI=1S/C38H47FN2O4S/c1-24(2)33-12-8-27(37-20-29(40-42)21-38(45-37)46-4)19-28(33)18-26-6-10-31(11-7-26)44-32-15-16-41(22-32)30-9-14-36(43-23-30)34-17-25(3)5-13-35(34)39/h5-8,10-13,17,19,24,29-30,32,36-38H,9,14-16,18,20-23H2,1-4H3/t29-,30-,32-,36+,37-,38-/m1/s1. The van der Waals surface area contributed by atoms with Gasteiger partial charge >= 0.3 is 0 Å². The number of nitrogens with zero attached hydrogens (tertiary/aromatic N) is 2. The molecule has 0 unspecified atom stereocenters. The van der Waals surface area contributed by atoms with Crippen LogP contribution in [0, 0.1) is 17.6 Å². The van der Waals surface area contributed by atoms with Crippen molar-refractivity contribution in [3.05, 3.63) is 105 Å². The van der Waals surface area contributed by atoms with Gasteiger partial charge in [-0.3, -0.25) is 4.90 Å². The molecule has 0 amide bonds. The summed E-state index contributed by atoms with van der Waals surface area (Å²) in [5, 5.41) is 3.37. The lowest BCUT2D eigenvalue weighted by Crippen LogP contribution is -2.41. The first-order valence-corrected chi connectivity index (χ1v) is 18.1. The molecule has 0 N–H and O–H groups in total. The van der Waals surface area contributed by atoms with Gasteiger partial charge in [0, 0.05) is 37.5 Å². The van der Waals surface area contributed by atoms with Crippen molar-refractivity contribution >= 4 is 11.8 Å². The van der Waals surface area contributed by atoms with Gasteiger partial charge in [0.2, 0.25) is 0 Å². The zero-order valence-corrected chi connectivity index (χ0v) is 28.3. The number of hydrogen-bond donors (Lipinski definition) is 0. The molecule has 46 heavy (non-hydrogen) atoms. The number of ether oxygens (including phenoxy) is 3. The van der Waals surface area contributed by atoms with Crippen molar-refractivity contribution in [2.75, 3.05) is 26.0 Å². The molecule has 6 rings (SSSR count). The van der Waals surface area contributed by atoms with Crippen LogP contribution in [0.4, 0.5) is 4.39 Å². The zero-order valence-electron chi connectivity index (χ0n) is 27.5. The summed E-state index contributed by atoms with van der Waals surface area (Å²) in [6.07, 6.45) is 6.84. The first kappa shape index (κ1) is 33.1. The van der Waals surface area contributed by atoms with Crippen LogP contribution >= 0.6 is 11.8 Å². The Hall–Kier alpha value is -2.78. The summed E-state index contributed by atoms with van der Waals surface area (Å²) in [7, 11) is 0. The zero-order chi connectivity index (χ0) is 32.2. The van der Waals surface area contributed by atoms with E-state index in [9.17, 15) is 9.30 Å². The number of hydrogen-bond acceptors (Lipinski definition) is 7. The molecule has 0 saturated carbocycles. The van der Waals surface area contributed by atoms with Crippen LogP contribution in [0.3, 0.4) is 0 Å². The van der Waals surface area contributed by atoms with Gasteiger partial charge in [-0.1, -0.05) is 67.1 Å². The first-order chi connectivity index (χ1) is 22.3. The molecule has 6 atom stereocenters. The average molecular weight is 647 g/mol. The molecule has 3 aliphatic heterocycles. The van der Waals surface area contributed by atoms with Crippen LogP contribution < -0.4 is 4.74 Å². The van der Waals surface area contributed by atoms with E-state index < -0.39 is 0 Å². The molecule has 0 aromatic heterocycles. The minimum absolute atomic E-state index is 0.00696. The monoisotopic (exact) mass is 646 g/mol. The van der Waals surface area contributed by atoms with Gasteiger partial charge in [0.15, 0.2) is 0 Å². The third kappa shape index (κ3) is 7.84. The van der Waals surface area contributed by atoms with Crippen molar-refractivity contribution in [2.24, 2.45) is 5.18 Å². The van der Waals surface area contributed by atoms with Crippen LogP contribution in [0.5, 0.6) is 5.75 Å². The fraction of sp³-hybridized carbons (Fsp3) is 0.526. The Bertz CT molecular complexity index is 1480. The van der Waals surface area contributed by atoms with Gasteiger partial charge in [-0.05, 0) is 85.2 Å². The summed E-state index contributed by atoms with van der Waals surface area (Å²) in [6.45, 7) is 8.95. The van der Waals surface area contributed by atoms with E-state index in [0.29, 0.717) is 37.0 Å². The molecular weight excluding hydrogens is 599 g/mol. The summed E-state index contributed by atoms with van der Waals surface area (Å²) < 4.78 is 33.4. The summed E-state index contributed by atoms with van der Waals surface area (Å²) in [6, 6.07) is 20.6. The molecule has 3 heterocycles.